The van der Waals surface area contributed by atoms with Crippen molar-refractivity contribution in [2.24, 2.45) is 17.8 Å². The van der Waals surface area contributed by atoms with Crippen LogP contribution in [0.15, 0.2) is 60.7 Å². The van der Waals surface area contributed by atoms with Crippen LogP contribution in [0.25, 0.3) is 0 Å². The van der Waals surface area contributed by atoms with Gasteiger partial charge in [0, 0.05) is 99.4 Å². The zero-order valence-electron chi connectivity index (χ0n) is 50.4. The quantitative estimate of drug-likeness (QED) is 0.0224. The zero-order valence-corrected chi connectivity index (χ0v) is 52.6. The summed E-state index contributed by atoms with van der Waals surface area (Å²) in [5.74, 6) is -0.803. The van der Waals surface area contributed by atoms with Gasteiger partial charge in [-0.15, -0.1) is 0 Å². The highest BCUT2D eigenvalue weighted by molar-refractivity contribution is 14.1. The van der Waals surface area contributed by atoms with Crippen LogP contribution in [-0.4, -0.2) is 219 Å². The first kappa shape index (κ1) is 68.9. The molecule has 4 heterocycles. The second-order valence-electron chi connectivity index (χ2n) is 22.6. The zero-order chi connectivity index (χ0) is 60.6. The van der Waals surface area contributed by atoms with Gasteiger partial charge in [0.25, 0.3) is 5.91 Å². The van der Waals surface area contributed by atoms with Crippen molar-refractivity contribution in [3.05, 3.63) is 94.6 Å². The number of pyridine rings is 2. The molecule has 7 rings (SSSR count). The van der Waals surface area contributed by atoms with Crippen LogP contribution in [0.2, 0.25) is 0 Å². The Hall–Kier alpha value is -4.55. The number of amides is 2. The number of nitrogens with one attached hydrogen (secondary N) is 4. The first-order valence-electron chi connectivity index (χ1n) is 31.3. The van der Waals surface area contributed by atoms with Crippen molar-refractivity contribution in [3.63, 3.8) is 0 Å². The number of benzene rings is 1. The summed E-state index contributed by atoms with van der Waals surface area (Å²) < 4.78 is 43.2. The Morgan fingerprint density at radius 1 is 0.674 bits per heavy atom. The van der Waals surface area contributed by atoms with Gasteiger partial charge in [-0.3, -0.25) is 17.7 Å². The second-order valence-corrected chi connectivity index (χ2v) is 24.3. The van der Waals surface area contributed by atoms with Gasteiger partial charge in [0.1, 0.15) is 11.4 Å². The molecule has 86 heavy (non-hydrogen) atoms. The van der Waals surface area contributed by atoms with E-state index in [1.54, 1.807) is 36.4 Å². The number of ether oxygens (including phenoxy) is 7. The van der Waals surface area contributed by atoms with E-state index in [-0.39, 0.29) is 30.4 Å². The maximum atomic E-state index is 13.3. The van der Waals surface area contributed by atoms with Crippen LogP contribution >= 0.6 is 22.9 Å². The molecular formula is C62H95IN10O13. The lowest BCUT2D eigenvalue weighted by atomic mass is 9.93. The minimum Gasteiger partial charge on any atom is -0.477 e. The molecule has 2 aliphatic heterocycles. The van der Waals surface area contributed by atoms with E-state index in [1.807, 2.05) is 12.1 Å². The van der Waals surface area contributed by atoms with Crippen LogP contribution in [-0.2, 0) is 39.7 Å². The fourth-order valence-corrected chi connectivity index (χ4v) is 12.1. The molecule has 6 N–H and O–H groups in total. The van der Waals surface area contributed by atoms with E-state index in [1.165, 1.54) is 82.9 Å². The number of nitrogens with zero attached hydrogens (tertiary/aromatic N) is 6. The first-order chi connectivity index (χ1) is 42.0. The summed E-state index contributed by atoms with van der Waals surface area (Å²) >= 11 is 2.36. The number of alkyl carbamates (subject to hydrolysis) is 1. The molecule has 2 saturated carbocycles. The highest BCUT2D eigenvalue weighted by Gasteiger charge is 2.52. The maximum Gasteiger partial charge on any atom is 0.407 e. The Balaban J connectivity index is 0.750. The monoisotopic (exact) mass is 1310 g/mol. The number of unbranched alkanes of at least 4 members (excludes halogenated alkanes) is 8. The van der Waals surface area contributed by atoms with Crippen molar-refractivity contribution >= 4 is 46.8 Å². The van der Waals surface area contributed by atoms with E-state index in [2.05, 4.69) is 79.4 Å². The largest absolute Gasteiger partial charge is 0.477 e. The minimum absolute atomic E-state index is 0.00599. The molecule has 2 aromatic heterocycles. The maximum absolute atomic E-state index is 13.3. The van der Waals surface area contributed by atoms with Crippen molar-refractivity contribution in [2.45, 2.75) is 108 Å². The minimum atomic E-state index is -1.14. The highest BCUT2D eigenvalue weighted by atomic mass is 127. The number of hydrazine groups is 2. The standard InChI is InChI=1S/C62H95IN10O13/c1-70(63)27-9-7-5-3-2-4-6-8-10-28-73-57-24-22-51-50(21-23-53(57)68-69-73)52(51)46-86-62(79)65-26-34-81-40-39-80-33-25-64-59(74)48-19-17-47(18-20-48)58(54-14-12-16-56(67-54)61(77)78)72-31-37-84-43-41-82-35-29-71(30-36-83-42-44-85-38-32-72)45-49-13-11-15-55(66-49)60(75)76/h11-20,50-53,57-58,68-69H,2-10,21-46H2,1H3,(H,64,74)(H,65,79)(H,75,76)(H,77,78)/t50-,51+,52?,53?,57?,58?/m0/s1. The number of rotatable bonds is 31. The van der Waals surface area contributed by atoms with Crippen LogP contribution < -0.4 is 21.6 Å². The highest BCUT2D eigenvalue weighted by Crippen LogP contribution is 2.54. The molecule has 2 amide bonds. The Bertz CT molecular complexity index is 2430. The van der Waals surface area contributed by atoms with Gasteiger partial charge >= 0.3 is 18.0 Å². The molecule has 1 aromatic carbocycles. The van der Waals surface area contributed by atoms with Gasteiger partial charge in [-0.2, -0.15) is 5.53 Å². The number of carboxylic acids is 2. The number of hydrogen-bond donors (Lipinski definition) is 6. The van der Waals surface area contributed by atoms with Gasteiger partial charge in [-0.05, 0) is 105 Å². The van der Waals surface area contributed by atoms with Crippen LogP contribution in [0.3, 0.4) is 0 Å². The number of aromatic nitrogens is 2. The number of carboxylic acid groups (broad SMARTS) is 2. The lowest BCUT2D eigenvalue weighted by Gasteiger charge is -2.32. The van der Waals surface area contributed by atoms with Crippen molar-refractivity contribution < 1.29 is 62.5 Å². The molecule has 24 heteroatoms. The van der Waals surface area contributed by atoms with Gasteiger partial charge in [-0.1, -0.05) is 69.2 Å². The van der Waals surface area contributed by atoms with Crippen LogP contribution in [0.5, 0.6) is 0 Å². The molecular weight excluding hydrogens is 1220 g/mol. The number of carbonyl (C=O) groups is 4. The van der Waals surface area contributed by atoms with Crippen molar-refractivity contribution in [1.29, 1.82) is 0 Å². The topological polar surface area (TPSA) is 260 Å². The van der Waals surface area contributed by atoms with E-state index in [0.29, 0.717) is 165 Å². The van der Waals surface area contributed by atoms with Gasteiger partial charge < -0.3 is 54.0 Å². The van der Waals surface area contributed by atoms with E-state index >= 15 is 0 Å². The Labute approximate surface area is 522 Å². The van der Waals surface area contributed by atoms with E-state index in [9.17, 15) is 29.4 Å². The summed E-state index contributed by atoms with van der Waals surface area (Å²) in [7, 11) is 2.14. The van der Waals surface area contributed by atoms with Crippen LogP contribution in [0.4, 0.5) is 4.79 Å². The number of aromatic carboxylic acids is 2. The van der Waals surface area contributed by atoms with Gasteiger partial charge in [0.15, 0.2) is 0 Å². The summed E-state index contributed by atoms with van der Waals surface area (Å²) in [6.07, 6.45) is 16.2. The average molecular weight is 1320 g/mol. The Kier molecular flexibility index (Phi) is 31.6. The van der Waals surface area contributed by atoms with Crippen LogP contribution in [0.1, 0.15) is 138 Å². The van der Waals surface area contributed by atoms with Crippen molar-refractivity contribution in [3.8, 4) is 0 Å². The number of carbonyl (C=O) groups excluding carboxylic acids is 2. The first-order valence-corrected chi connectivity index (χ1v) is 32.3. The number of halogens is 1. The van der Waals surface area contributed by atoms with Gasteiger partial charge in [-0.25, -0.2) is 34.8 Å². The molecule has 4 unspecified atom stereocenters. The number of hydrogen-bond acceptors (Lipinski definition) is 19. The molecule has 0 radical (unpaired) electrons. The van der Waals surface area contributed by atoms with E-state index in [0.717, 1.165) is 31.4 Å². The Morgan fingerprint density at radius 2 is 1.24 bits per heavy atom. The lowest BCUT2D eigenvalue weighted by Crippen LogP contribution is -2.40. The molecule has 2 saturated heterocycles. The fraction of sp³-hybridized carbons (Fsp3) is 0.677. The normalized spacial score (nSPS) is 21.9. The smallest absolute Gasteiger partial charge is 0.407 e. The van der Waals surface area contributed by atoms with Gasteiger partial charge in [0.05, 0.1) is 103 Å². The summed E-state index contributed by atoms with van der Waals surface area (Å²) in [6, 6.07) is 17.5. The molecule has 0 bridgehead atoms. The third-order valence-corrected chi connectivity index (χ3v) is 17.0. The average Bonchev–Trinajstić information content (AvgIpc) is 2.82. The molecule has 0 spiro atoms. The SMILES string of the molecule is CN(I)CCCCCCCCCCCN1NNC2CC[C@@H]3C(COC(=O)NCCOCCOCCNC(=O)c4ccc(C(c5cccc(C(=O)O)n5)N5CCOCCOCCN(Cc6cccc(C(=O)O)n6)CCOCCOCC5)cc4)[C@@H]3CCC21. The molecule has 2 aliphatic carbocycles. The molecule has 23 nitrogen and oxygen atoms in total. The van der Waals surface area contributed by atoms with Crippen molar-refractivity contribution in [1.82, 2.24) is 49.5 Å². The van der Waals surface area contributed by atoms with Crippen LogP contribution in [0, 0.1) is 17.8 Å². The van der Waals surface area contributed by atoms with E-state index < -0.39 is 24.1 Å². The molecule has 4 aliphatic rings. The predicted octanol–water partition coefficient (Wildman–Crippen LogP) is 6.63. The fourth-order valence-electron chi connectivity index (χ4n) is 11.8. The summed E-state index contributed by atoms with van der Waals surface area (Å²) in [5, 5.41) is 27.4. The van der Waals surface area contributed by atoms with E-state index in [4.69, 9.17) is 33.2 Å². The lowest BCUT2D eigenvalue weighted by molar-refractivity contribution is 0.00331. The molecule has 478 valence electrons. The summed E-state index contributed by atoms with van der Waals surface area (Å²) in [6.45, 7) is 9.93. The molecule has 6 atom stereocenters. The van der Waals surface area contributed by atoms with Crippen molar-refractivity contribution in [2.75, 3.05) is 145 Å². The molecule has 3 aromatic rings. The number of fused-ring (bicyclic) bond motifs is 2. The third-order valence-electron chi connectivity index (χ3n) is 16.5. The third kappa shape index (κ3) is 24.8. The second kappa shape index (κ2) is 39.5. The molecule has 4 fully saturated rings. The predicted molar refractivity (Wildman–Crippen MR) is 332 cm³/mol. The summed E-state index contributed by atoms with van der Waals surface area (Å²) in [4.78, 5) is 62.4. The summed E-state index contributed by atoms with van der Waals surface area (Å²) in [5.41, 5.74) is 9.38. The van der Waals surface area contributed by atoms with Gasteiger partial charge in [0.2, 0.25) is 0 Å². The Morgan fingerprint density at radius 3 is 1.87 bits per heavy atom.